The van der Waals surface area contributed by atoms with E-state index in [4.69, 9.17) is 4.18 Å². The molecule has 0 unspecified atom stereocenters. The molecule has 1 rings (SSSR count). The monoisotopic (exact) mass is 312 g/mol. The fourth-order valence-electron chi connectivity index (χ4n) is 1.91. The Kier molecular flexibility index (Phi) is 5.74. The number of hydrogen-bond acceptors (Lipinski definition) is 3. The highest BCUT2D eigenvalue weighted by Crippen LogP contribution is 2.19. The zero-order chi connectivity index (χ0) is 15.4. The second-order valence-corrected chi connectivity index (χ2v) is 13.4. The lowest BCUT2D eigenvalue weighted by Gasteiger charge is -2.17. The summed E-state index contributed by atoms with van der Waals surface area (Å²) in [5.74, 6) is 0. The molecular formula is C15H24O3SSi. The normalized spacial score (nSPS) is 12.4. The van der Waals surface area contributed by atoms with Gasteiger partial charge < -0.3 is 0 Å². The number of benzene rings is 1. The lowest BCUT2D eigenvalue weighted by atomic mass is 10.2. The fraction of sp³-hybridized carbons (Fsp3) is 0.467. The first-order valence-corrected chi connectivity index (χ1v) is 11.8. The highest BCUT2D eigenvalue weighted by Gasteiger charge is 2.17. The van der Waals surface area contributed by atoms with Crippen molar-refractivity contribution in [3.63, 3.8) is 0 Å². The van der Waals surface area contributed by atoms with Crippen molar-refractivity contribution < 1.29 is 12.6 Å². The summed E-state index contributed by atoms with van der Waals surface area (Å²) in [6, 6.07) is 7.67. The van der Waals surface area contributed by atoms with Crippen molar-refractivity contribution in [1.29, 1.82) is 0 Å². The molecule has 0 saturated carbocycles. The number of hydrogen-bond donors (Lipinski definition) is 0. The van der Waals surface area contributed by atoms with Crippen LogP contribution in [0.5, 0.6) is 0 Å². The largest absolute Gasteiger partial charge is 0.296 e. The van der Waals surface area contributed by atoms with Crippen molar-refractivity contribution >= 4 is 18.2 Å². The van der Waals surface area contributed by atoms with E-state index in [1.165, 1.54) is 0 Å². The summed E-state index contributed by atoms with van der Waals surface area (Å²) >= 11 is 0. The van der Waals surface area contributed by atoms with Crippen LogP contribution in [0.1, 0.15) is 12.0 Å². The molecule has 0 aliphatic heterocycles. The molecule has 0 fully saturated rings. The van der Waals surface area contributed by atoms with Gasteiger partial charge in [0.15, 0.2) is 0 Å². The summed E-state index contributed by atoms with van der Waals surface area (Å²) in [5, 5.41) is 0. The minimum absolute atomic E-state index is 0.166. The Morgan fingerprint density at radius 3 is 2.25 bits per heavy atom. The summed E-state index contributed by atoms with van der Waals surface area (Å²) in [6.07, 6.45) is 0.593. The Morgan fingerprint density at radius 2 is 1.75 bits per heavy atom. The number of rotatable bonds is 7. The summed E-state index contributed by atoms with van der Waals surface area (Å²) in [4.78, 5) is 0.207. The molecule has 0 spiro atoms. The zero-order valence-corrected chi connectivity index (χ0v) is 14.6. The maximum absolute atomic E-state index is 12.0. The van der Waals surface area contributed by atoms with Gasteiger partial charge in [0.25, 0.3) is 10.1 Å². The smallest absolute Gasteiger partial charge is 0.266 e. The molecule has 5 heteroatoms. The fourth-order valence-corrected chi connectivity index (χ4v) is 4.49. The predicted octanol–water partition coefficient (Wildman–Crippen LogP) is 3.98. The van der Waals surface area contributed by atoms with Gasteiger partial charge in [-0.1, -0.05) is 42.9 Å². The van der Waals surface area contributed by atoms with Crippen molar-refractivity contribution in [3.05, 3.63) is 42.0 Å². The first kappa shape index (κ1) is 17.1. The molecule has 0 bridgehead atoms. The van der Waals surface area contributed by atoms with Crippen LogP contribution in [0.25, 0.3) is 0 Å². The molecule has 1 aromatic carbocycles. The topological polar surface area (TPSA) is 43.4 Å². The standard InChI is InChI=1S/C15H24O3SSi/c1-13-6-8-15(9-7-13)19(16,17)18-11-10-14(2)12-20(3,4)5/h6-9H,2,10-12H2,1,3-5H3. The van der Waals surface area contributed by atoms with Crippen molar-refractivity contribution in [2.24, 2.45) is 0 Å². The van der Waals surface area contributed by atoms with Gasteiger partial charge in [-0.05, 0) is 31.5 Å². The molecule has 0 N–H and O–H groups in total. The maximum atomic E-state index is 12.0. The minimum Gasteiger partial charge on any atom is -0.266 e. The average Bonchev–Trinajstić information content (AvgIpc) is 2.26. The molecule has 0 heterocycles. The van der Waals surface area contributed by atoms with E-state index in [2.05, 4.69) is 26.2 Å². The quantitative estimate of drug-likeness (QED) is 0.434. The van der Waals surface area contributed by atoms with E-state index in [1.54, 1.807) is 24.3 Å². The van der Waals surface area contributed by atoms with Crippen molar-refractivity contribution in [1.82, 2.24) is 0 Å². The Bertz CT molecular complexity index is 554. The SMILES string of the molecule is C=C(CCOS(=O)(=O)c1ccc(C)cc1)C[Si](C)(C)C. The second-order valence-electron chi connectivity index (χ2n) is 6.33. The molecule has 112 valence electrons. The third kappa shape index (κ3) is 6.03. The Balaban J connectivity index is 2.53. The van der Waals surface area contributed by atoms with Crippen LogP contribution in [0.4, 0.5) is 0 Å². The van der Waals surface area contributed by atoms with Gasteiger partial charge in [0.2, 0.25) is 0 Å². The van der Waals surface area contributed by atoms with E-state index in [0.29, 0.717) is 6.42 Å². The van der Waals surface area contributed by atoms with Crippen LogP contribution in [-0.2, 0) is 14.3 Å². The van der Waals surface area contributed by atoms with Crippen molar-refractivity contribution in [2.45, 2.75) is 43.9 Å². The zero-order valence-electron chi connectivity index (χ0n) is 12.8. The highest BCUT2D eigenvalue weighted by atomic mass is 32.2. The first-order chi connectivity index (χ1) is 9.10. The molecule has 1 aromatic rings. The van der Waals surface area contributed by atoms with E-state index >= 15 is 0 Å². The van der Waals surface area contributed by atoms with Crippen molar-refractivity contribution in [3.8, 4) is 0 Å². The van der Waals surface area contributed by atoms with E-state index in [-0.39, 0.29) is 11.5 Å². The molecule has 0 aliphatic rings. The molecule has 0 aromatic heterocycles. The van der Waals surface area contributed by atoms with Crippen LogP contribution in [-0.4, -0.2) is 23.1 Å². The molecule has 3 nitrogen and oxygen atoms in total. The predicted molar refractivity (Wildman–Crippen MR) is 86.2 cm³/mol. The lowest BCUT2D eigenvalue weighted by Crippen LogP contribution is -2.20. The van der Waals surface area contributed by atoms with Gasteiger partial charge >= 0.3 is 0 Å². The summed E-state index contributed by atoms with van der Waals surface area (Å²) in [5.41, 5.74) is 2.09. The molecule has 0 aliphatic carbocycles. The van der Waals surface area contributed by atoms with E-state index < -0.39 is 18.2 Å². The van der Waals surface area contributed by atoms with Gasteiger partial charge in [-0.25, -0.2) is 0 Å². The van der Waals surface area contributed by atoms with E-state index in [9.17, 15) is 8.42 Å². The highest BCUT2D eigenvalue weighted by molar-refractivity contribution is 7.86. The van der Waals surface area contributed by atoms with Gasteiger partial charge in [-0.15, -0.1) is 6.58 Å². The van der Waals surface area contributed by atoms with Gasteiger partial charge in [0.05, 0.1) is 11.5 Å². The summed E-state index contributed by atoms with van der Waals surface area (Å²) in [7, 11) is -4.84. The van der Waals surface area contributed by atoms with Crippen LogP contribution in [0.3, 0.4) is 0 Å². The lowest BCUT2D eigenvalue weighted by molar-refractivity contribution is 0.322. The average molecular weight is 313 g/mol. The van der Waals surface area contributed by atoms with E-state index in [0.717, 1.165) is 17.2 Å². The van der Waals surface area contributed by atoms with E-state index in [1.807, 2.05) is 6.92 Å². The Hall–Kier alpha value is -0.913. The van der Waals surface area contributed by atoms with Crippen LogP contribution in [0.15, 0.2) is 41.3 Å². The first-order valence-electron chi connectivity index (χ1n) is 6.73. The molecule has 0 radical (unpaired) electrons. The van der Waals surface area contributed by atoms with Gasteiger partial charge in [-0.2, -0.15) is 8.42 Å². The maximum Gasteiger partial charge on any atom is 0.296 e. The number of aryl methyl sites for hydroxylation is 1. The van der Waals surface area contributed by atoms with Gasteiger partial charge in [-0.3, -0.25) is 4.18 Å². The molecule has 0 atom stereocenters. The minimum atomic E-state index is -3.65. The molecule has 0 saturated heterocycles. The van der Waals surface area contributed by atoms with Crippen LogP contribution in [0, 0.1) is 6.92 Å². The van der Waals surface area contributed by atoms with Gasteiger partial charge in [0.1, 0.15) is 0 Å². The summed E-state index contributed by atoms with van der Waals surface area (Å²) < 4.78 is 29.0. The van der Waals surface area contributed by atoms with Crippen molar-refractivity contribution in [2.75, 3.05) is 6.61 Å². The third-order valence-corrected chi connectivity index (χ3v) is 5.67. The van der Waals surface area contributed by atoms with Crippen LogP contribution >= 0.6 is 0 Å². The Labute approximate surface area is 123 Å². The Morgan fingerprint density at radius 1 is 1.20 bits per heavy atom. The molecule has 20 heavy (non-hydrogen) atoms. The van der Waals surface area contributed by atoms with Crippen LogP contribution in [0.2, 0.25) is 25.7 Å². The molecule has 0 amide bonds. The summed E-state index contributed by atoms with van der Waals surface area (Å²) in [6.45, 7) is 12.9. The van der Waals surface area contributed by atoms with Gasteiger partial charge in [0, 0.05) is 8.07 Å². The van der Waals surface area contributed by atoms with Crippen LogP contribution < -0.4 is 0 Å². The molecular weight excluding hydrogens is 288 g/mol. The third-order valence-electron chi connectivity index (χ3n) is 2.78. The second kappa shape index (κ2) is 6.69.